The standard InChI is InChI=1S/C14H20N4/c1-12-8-13(15)10-14(9-12)17-4-2-3-6-18-7-5-16-11-18/h5,7-11,17H,2-4,6,15H2,1H3. The molecule has 0 amide bonds. The van der Waals surface area contributed by atoms with Crippen LogP contribution in [0.25, 0.3) is 0 Å². The third kappa shape index (κ3) is 3.80. The van der Waals surface area contributed by atoms with Crippen LogP contribution in [0.4, 0.5) is 11.4 Å². The van der Waals surface area contributed by atoms with Gasteiger partial charge in [0.25, 0.3) is 0 Å². The van der Waals surface area contributed by atoms with Crippen molar-refractivity contribution in [3.8, 4) is 0 Å². The predicted molar refractivity (Wildman–Crippen MR) is 75.5 cm³/mol. The maximum Gasteiger partial charge on any atom is 0.0945 e. The Morgan fingerprint density at radius 2 is 2.17 bits per heavy atom. The van der Waals surface area contributed by atoms with Crippen LogP contribution in [-0.4, -0.2) is 16.1 Å². The maximum absolute atomic E-state index is 5.80. The van der Waals surface area contributed by atoms with Gasteiger partial charge in [0.2, 0.25) is 0 Å². The van der Waals surface area contributed by atoms with Crippen molar-refractivity contribution in [2.75, 3.05) is 17.6 Å². The summed E-state index contributed by atoms with van der Waals surface area (Å²) in [7, 11) is 0. The van der Waals surface area contributed by atoms with Crippen molar-refractivity contribution < 1.29 is 0 Å². The molecule has 18 heavy (non-hydrogen) atoms. The van der Waals surface area contributed by atoms with E-state index in [4.69, 9.17) is 5.73 Å². The second-order valence-corrected chi connectivity index (χ2v) is 4.57. The summed E-state index contributed by atoms with van der Waals surface area (Å²) < 4.78 is 2.10. The normalized spacial score (nSPS) is 10.5. The summed E-state index contributed by atoms with van der Waals surface area (Å²) in [5.74, 6) is 0. The van der Waals surface area contributed by atoms with Gasteiger partial charge in [0.1, 0.15) is 0 Å². The number of nitrogens with two attached hydrogens (primary N) is 1. The molecule has 2 rings (SSSR count). The number of nitrogens with zero attached hydrogens (tertiary/aromatic N) is 2. The van der Waals surface area contributed by atoms with Crippen LogP contribution in [0.1, 0.15) is 18.4 Å². The zero-order chi connectivity index (χ0) is 12.8. The topological polar surface area (TPSA) is 55.9 Å². The maximum atomic E-state index is 5.80. The molecule has 2 aromatic rings. The van der Waals surface area contributed by atoms with E-state index in [0.717, 1.165) is 37.3 Å². The van der Waals surface area contributed by atoms with E-state index in [1.54, 1.807) is 0 Å². The molecule has 0 saturated heterocycles. The zero-order valence-electron chi connectivity index (χ0n) is 10.8. The first-order valence-electron chi connectivity index (χ1n) is 6.31. The van der Waals surface area contributed by atoms with Crippen LogP contribution >= 0.6 is 0 Å². The molecule has 3 N–H and O–H groups in total. The lowest BCUT2D eigenvalue weighted by atomic mass is 10.2. The number of aromatic nitrogens is 2. The van der Waals surface area contributed by atoms with Crippen LogP contribution in [0.2, 0.25) is 0 Å². The van der Waals surface area contributed by atoms with Gasteiger partial charge in [0, 0.05) is 36.9 Å². The SMILES string of the molecule is Cc1cc(N)cc(NCCCCn2ccnc2)c1. The number of nitrogens with one attached hydrogen (secondary N) is 1. The van der Waals surface area contributed by atoms with Gasteiger partial charge in [0.05, 0.1) is 6.33 Å². The van der Waals surface area contributed by atoms with Crippen molar-refractivity contribution in [2.45, 2.75) is 26.3 Å². The molecular weight excluding hydrogens is 224 g/mol. The molecule has 1 aromatic heterocycles. The quantitative estimate of drug-likeness (QED) is 0.606. The lowest BCUT2D eigenvalue weighted by molar-refractivity contribution is 0.621. The van der Waals surface area contributed by atoms with Gasteiger partial charge in [-0.2, -0.15) is 0 Å². The molecular formula is C14H20N4. The molecule has 0 saturated carbocycles. The Labute approximate surface area is 108 Å². The second kappa shape index (κ2) is 6.10. The number of rotatable bonds is 6. The van der Waals surface area contributed by atoms with Gasteiger partial charge in [-0.3, -0.25) is 0 Å². The number of hydrogen-bond acceptors (Lipinski definition) is 3. The fraction of sp³-hybridized carbons (Fsp3) is 0.357. The molecule has 0 aliphatic heterocycles. The Kier molecular flexibility index (Phi) is 4.23. The molecule has 0 atom stereocenters. The average Bonchev–Trinajstić information content (AvgIpc) is 2.80. The van der Waals surface area contributed by atoms with Gasteiger partial charge >= 0.3 is 0 Å². The lowest BCUT2D eigenvalue weighted by Crippen LogP contribution is -2.04. The van der Waals surface area contributed by atoms with Crippen molar-refractivity contribution in [3.63, 3.8) is 0 Å². The van der Waals surface area contributed by atoms with Crippen LogP contribution < -0.4 is 11.1 Å². The molecule has 4 heteroatoms. The number of hydrogen-bond donors (Lipinski definition) is 2. The van der Waals surface area contributed by atoms with Gasteiger partial charge in [0.15, 0.2) is 0 Å². The highest BCUT2D eigenvalue weighted by molar-refractivity contribution is 5.56. The molecule has 1 aromatic carbocycles. The summed E-state index contributed by atoms with van der Waals surface area (Å²) in [6, 6.07) is 6.07. The number of unbranched alkanes of at least 4 members (excludes halogenated alkanes) is 1. The monoisotopic (exact) mass is 244 g/mol. The van der Waals surface area contributed by atoms with Crippen LogP contribution in [0.3, 0.4) is 0 Å². The number of anilines is 2. The average molecular weight is 244 g/mol. The number of imidazole rings is 1. The zero-order valence-corrected chi connectivity index (χ0v) is 10.8. The summed E-state index contributed by atoms with van der Waals surface area (Å²) in [6.45, 7) is 4.05. The minimum Gasteiger partial charge on any atom is -0.399 e. The number of nitrogen functional groups attached to an aromatic ring is 1. The largest absolute Gasteiger partial charge is 0.399 e. The number of aryl methyl sites for hydroxylation is 2. The summed E-state index contributed by atoms with van der Waals surface area (Å²) in [4.78, 5) is 4.02. The van der Waals surface area contributed by atoms with Crippen LogP contribution in [-0.2, 0) is 6.54 Å². The first-order chi connectivity index (χ1) is 8.74. The summed E-state index contributed by atoms with van der Waals surface area (Å²) in [5, 5.41) is 3.40. The third-order valence-electron chi connectivity index (χ3n) is 2.83. The highest BCUT2D eigenvalue weighted by Crippen LogP contribution is 2.15. The highest BCUT2D eigenvalue weighted by Gasteiger charge is 1.96. The highest BCUT2D eigenvalue weighted by atomic mass is 15.0. The van der Waals surface area contributed by atoms with Crippen LogP contribution in [0.15, 0.2) is 36.9 Å². The molecule has 1 heterocycles. The van der Waals surface area contributed by atoms with Crippen LogP contribution in [0, 0.1) is 6.92 Å². The lowest BCUT2D eigenvalue weighted by Gasteiger charge is -2.08. The fourth-order valence-electron chi connectivity index (χ4n) is 1.99. The first-order valence-corrected chi connectivity index (χ1v) is 6.31. The van der Waals surface area contributed by atoms with Gasteiger partial charge in [-0.1, -0.05) is 0 Å². The minimum absolute atomic E-state index is 0.816. The van der Waals surface area contributed by atoms with Crippen molar-refractivity contribution >= 4 is 11.4 Å². The molecule has 0 aliphatic carbocycles. The van der Waals surface area contributed by atoms with E-state index in [1.807, 2.05) is 30.9 Å². The smallest absolute Gasteiger partial charge is 0.0945 e. The Balaban J connectivity index is 1.68. The molecule has 0 fully saturated rings. The Morgan fingerprint density at radius 1 is 1.28 bits per heavy atom. The molecule has 0 bridgehead atoms. The second-order valence-electron chi connectivity index (χ2n) is 4.57. The van der Waals surface area contributed by atoms with E-state index in [-0.39, 0.29) is 0 Å². The van der Waals surface area contributed by atoms with Gasteiger partial charge in [-0.15, -0.1) is 0 Å². The van der Waals surface area contributed by atoms with E-state index in [0.29, 0.717) is 0 Å². The third-order valence-corrected chi connectivity index (χ3v) is 2.83. The summed E-state index contributed by atoms with van der Waals surface area (Å²) in [6.07, 6.45) is 7.94. The molecule has 4 nitrogen and oxygen atoms in total. The number of benzene rings is 1. The molecule has 0 aliphatic rings. The van der Waals surface area contributed by atoms with Crippen molar-refractivity contribution in [1.29, 1.82) is 0 Å². The fourth-order valence-corrected chi connectivity index (χ4v) is 1.99. The summed E-state index contributed by atoms with van der Waals surface area (Å²) >= 11 is 0. The summed E-state index contributed by atoms with van der Waals surface area (Å²) in [5.41, 5.74) is 8.92. The molecule has 0 spiro atoms. The van der Waals surface area contributed by atoms with E-state index in [2.05, 4.69) is 27.9 Å². The molecule has 0 unspecified atom stereocenters. The predicted octanol–water partition coefficient (Wildman–Crippen LogP) is 2.67. The van der Waals surface area contributed by atoms with Crippen LogP contribution in [0.5, 0.6) is 0 Å². The Morgan fingerprint density at radius 3 is 2.89 bits per heavy atom. The molecule has 0 radical (unpaired) electrons. The van der Waals surface area contributed by atoms with E-state index in [1.165, 1.54) is 5.56 Å². The van der Waals surface area contributed by atoms with Crippen molar-refractivity contribution in [2.24, 2.45) is 0 Å². The molecule has 96 valence electrons. The van der Waals surface area contributed by atoms with E-state index < -0.39 is 0 Å². The van der Waals surface area contributed by atoms with Crippen molar-refractivity contribution in [1.82, 2.24) is 9.55 Å². The van der Waals surface area contributed by atoms with Gasteiger partial charge < -0.3 is 15.6 Å². The van der Waals surface area contributed by atoms with Gasteiger partial charge in [-0.25, -0.2) is 4.98 Å². The van der Waals surface area contributed by atoms with Gasteiger partial charge in [-0.05, 0) is 43.5 Å². The Bertz CT molecular complexity index is 456. The minimum atomic E-state index is 0.816. The van der Waals surface area contributed by atoms with Crippen molar-refractivity contribution in [3.05, 3.63) is 42.5 Å². The van der Waals surface area contributed by atoms with E-state index in [9.17, 15) is 0 Å². The Hall–Kier alpha value is -1.97. The first kappa shape index (κ1) is 12.5. The van der Waals surface area contributed by atoms with E-state index >= 15 is 0 Å².